The van der Waals surface area contributed by atoms with Crippen molar-refractivity contribution in [3.8, 4) is 5.75 Å². The minimum absolute atomic E-state index is 0.0721. The summed E-state index contributed by atoms with van der Waals surface area (Å²) in [6.07, 6.45) is 1.45. The van der Waals surface area contributed by atoms with E-state index in [1.165, 1.54) is 13.1 Å². The average Bonchev–Trinajstić information content (AvgIpc) is 2.53. The van der Waals surface area contributed by atoms with Gasteiger partial charge >= 0.3 is 6.03 Å². The molecular formula is C11H8BrIN2O3. The maximum Gasteiger partial charge on any atom is 0.328 e. The first-order valence-electron chi connectivity index (χ1n) is 4.89. The molecule has 5 nitrogen and oxygen atoms in total. The van der Waals surface area contributed by atoms with Crippen molar-refractivity contribution in [1.82, 2.24) is 10.2 Å². The molecule has 94 valence electrons. The third-order valence-corrected chi connectivity index (χ3v) is 3.72. The normalized spacial score (nSPS) is 17.5. The fourth-order valence-corrected chi connectivity index (χ4v) is 3.03. The molecule has 1 fully saturated rings. The average molecular weight is 423 g/mol. The van der Waals surface area contributed by atoms with Crippen molar-refractivity contribution >= 4 is 56.5 Å². The van der Waals surface area contributed by atoms with Gasteiger partial charge in [-0.2, -0.15) is 0 Å². The van der Waals surface area contributed by atoms with E-state index in [0.29, 0.717) is 9.13 Å². The van der Waals surface area contributed by atoms with Gasteiger partial charge in [-0.1, -0.05) is 15.9 Å². The van der Waals surface area contributed by atoms with E-state index < -0.39 is 11.9 Å². The van der Waals surface area contributed by atoms with E-state index in [-0.39, 0.29) is 11.4 Å². The van der Waals surface area contributed by atoms with E-state index in [1.54, 1.807) is 12.1 Å². The van der Waals surface area contributed by atoms with E-state index in [0.717, 1.165) is 9.37 Å². The summed E-state index contributed by atoms with van der Waals surface area (Å²) in [7, 11) is 1.39. The van der Waals surface area contributed by atoms with Crippen LogP contribution >= 0.6 is 38.5 Å². The van der Waals surface area contributed by atoms with E-state index in [2.05, 4.69) is 21.2 Å². The second kappa shape index (κ2) is 4.88. The van der Waals surface area contributed by atoms with Gasteiger partial charge in [0, 0.05) is 17.1 Å². The minimum Gasteiger partial charge on any atom is -0.506 e. The Morgan fingerprint density at radius 3 is 2.67 bits per heavy atom. The molecule has 1 heterocycles. The number of nitrogens with one attached hydrogen (secondary N) is 1. The highest BCUT2D eigenvalue weighted by molar-refractivity contribution is 14.1. The van der Waals surface area contributed by atoms with Gasteiger partial charge in [0.2, 0.25) is 0 Å². The van der Waals surface area contributed by atoms with Gasteiger partial charge in [0.15, 0.2) is 0 Å². The van der Waals surface area contributed by atoms with Gasteiger partial charge < -0.3 is 10.4 Å². The van der Waals surface area contributed by atoms with E-state index in [1.807, 2.05) is 22.6 Å². The number of amides is 3. The number of carbonyl (C=O) groups excluding carboxylic acids is 2. The van der Waals surface area contributed by atoms with Crippen molar-refractivity contribution in [2.45, 2.75) is 0 Å². The highest BCUT2D eigenvalue weighted by Crippen LogP contribution is 2.30. The molecule has 0 aromatic heterocycles. The molecular weight excluding hydrogens is 415 g/mol. The van der Waals surface area contributed by atoms with Crippen LogP contribution in [0.15, 0.2) is 22.3 Å². The molecule has 0 atom stereocenters. The molecule has 0 saturated carbocycles. The van der Waals surface area contributed by atoms with Crippen LogP contribution in [0, 0.1) is 3.57 Å². The van der Waals surface area contributed by atoms with Crippen molar-refractivity contribution < 1.29 is 14.7 Å². The Hall–Kier alpha value is -1.09. The SMILES string of the molecule is CN1C(=O)N/C(=C\c2cc(Br)cc(I)c2O)C1=O. The van der Waals surface area contributed by atoms with Crippen molar-refractivity contribution in [2.24, 2.45) is 0 Å². The van der Waals surface area contributed by atoms with Crippen LogP contribution in [-0.2, 0) is 4.79 Å². The molecule has 1 saturated heterocycles. The lowest BCUT2D eigenvalue weighted by molar-refractivity contribution is -0.121. The second-order valence-electron chi connectivity index (χ2n) is 3.68. The van der Waals surface area contributed by atoms with Crippen LogP contribution in [0.5, 0.6) is 5.75 Å². The lowest BCUT2D eigenvalue weighted by atomic mass is 10.1. The monoisotopic (exact) mass is 422 g/mol. The smallest absolute Gasteiger partial charge is 0.328 e. The predicted octanol–water partition coefficient (Wildman–Crippen LogP) is 2.28. The van der Waals surface area contributed by atoms with Crippen LogP contribution in [0.1, 0.15) is 5.56 Å². The maximum atomic E-state index is 11.7. The summed E-state index contributed by atoms with van der Waals surface area (Å²) in [5.41, 5.74) is 0.611. The number of phenols is 1. The Labute approximate surface area is 125 Å². The standard InChI is InChI=1S/C11H8BrIN2O3/c1-15-10(17)8(14-11(15)18)3-5-2-6(12)4-7(13)9(5)16/h2-4,16H,1H3,(H,14,18)/b8-3-. The van der Waals surface area contributed by atoms with Crippen LogP contribution in [0.4, 0.5) is 4.79 Å². The van der Waals surface area contributed by atoms with E-state index in [9.17, 15) is 14.7 Å². The number of urea groups is 1. The zero-order chi connectivity index (χ0) is 13.4. The number of imide groups is 1. The molecule has 0 aliphatic carbocycles. The summed E-state index contributed by atoms with van der Waals surface area (Å²) in [6, 6.07) is 2.94. The number of nitrogens with zero attached hydrogens (tertiary/aromatic N) is 1. The molecule has 1 aromatic rings. The molecule has 0 radical (unpaired) electrons. The zero-order valence-electron chi connectivity index (χ0n) is 9.20. The molecule has 7 heteroatoms. The Morgan fingerprint density at radius 1 is 1.44 bits per heavy atom. The Balaban J connectivity index is 2.46. The first-order chi connectivity index (χ1) is 8.40. The Morgan fingerprint density at radius 2 is 2.11 bits per heavy atom. The number of phenolic OH excluding ortho intramolecular Hbond substituents is 1. The number of likely N-dealkylation sites (N-methyl/N-ethyl adjacent to an activating group) is 1. The molecule has 3 amide bonds. The number of carbonyl (C=O) groups is 2. The molecule has 0 unspecified atom stereocenters. The van der Waals surface area contributed by atoms with Gasteiger partial charge in [0.1, 0.15) is 11.4 Å². The summed E-state index contributed by atoms with van der Waals surface area (Å²) >= 11 is 5.29. The zero-order valence-corrected chi connectivity index (χ0v) is 12.9. The number of rotatable bonds is 1. The summed E-state index contributed by atoms with van der Waals surface area (Å²) < 4.78 is 1.43. The largest absolute Gasteiger partial charge is 0.506 e. The molecule has 1 aromatic carbocycles. The first-order valence-corrected chi connectivity index (χ1v) is 6.76. The highest BCUT2D eigenvalue weighted by Gasteiger charge is 2.30. The van der Waals surface area contributed by atoms with Crippen LogP contribution < -0.4 is 5.32 Å². The Bertz CT molecular complexity index is 586. The molecule has 1 aliphatic rings. The lowest BCUT2D eigenvalue weighted by Crippen LogP contribution is -2.25. The molecule has 0 bridgehead atoms. The summed E-state index contributed by atoms with van der Waals surface area (Å²) in [5.74, 6) is -0.350. The third-order valence-electron chi connectivity index (χ3n) is 2.44. The van der Waals surface area contributed by atoms with Gasteiger partial charge in [-0.3, -0.25) is 9.69 Å². The first kappa shape index (κ1) is 13.3. The van der Waals surface area contributed by atoms with Gasteiger partial charge in [-0.25, -0.2) is 4.79 Å². The highest BCUT2D eigenvalue weighted by atomic mass is 127. The summed E-state index contributed by atoms with van der Waals surface area (Å²) in [5, 5.41) is 12.3. The van der Waals surface area contributed by atoms with E-state index >= 15 is 0 Å². The molecule has 1 aliphatic heterocycles. The number of hydrogen-bond acceptors (Lipinski definition) is 3. The van der Waals surface area contributed by atoms with Crippen molar-refractivity contribution in [1.29, 1.82) is 0 Å². The lowest BCUT2D eigenvalue weighted by Gasteiger charge is -2.04. The van der Waals surface area contributed by atoms with E-state index in [4.69, 9.17) is 0 Å². The summed E-state index contributed by atoms with van der Waals surface area (Å²) in [6.45, 7) is 0. The molecule has 0 spiro atoms. The van der Waals surface area contributed by atoms with Crippen LogP contribution in [-0.4, -0.2) is 29.0 Å². The maximum absolute atomic E-state index is 11.7. The van der Waals surface area contributed by atoms with Gasteiger partial charge in [-0.15, -0.1) is 0 Å². The quantitative estimate of drug-likeness (QED) is 0.414. The van der Waals surface area contributed by atoms with Crippen molar-refractivity contribution in [2.75, 3.05) is 7.05 Å². The summed E-state index contributed by atoms with van der Waals surface area (Å²) in [4.78, 5) is 23.9. The molecule has 18 heavy (non-hydrogen) atoms. The number of benzene rings is 1. The fourth-order valence-electron chi connectivity index (χ4n) is 1.47. The number of halogens is 2. The van der Waals surface area contributed by atoms with Crippen LogP contribution in [0.25, 0.3) is 6.08 Å². The van der Waals surface area contributed by atoms with Crippen LogP contribution in [0.2, 0.25) is 0 Å². The van der Waals surface area contributed by atoms with Crippen molar-refractivity contribution in [3.05, 3.63) is 31.4 Å². The van der Waals surface area contributed by atoms with Crippen molar-refractivity contribution in [3.63, 3.8) is 0 Å². The predicted molar refractivity (Wildman–Crippen MR) is 77.8 cm³/mol. The van der Waals surface area contributed by atoms with Gasteiger partial charge in [0.25, 0.3) is 5.91 Å². The second-order valence-corrected chi connectivity index (χ2v) is 5.76. The number of hydrogen-bond donors (Lipinski definition) is 2. The molecule has 2 N–H and O–H groups in total. The Kier molecular flexibility index (Phi) is 3.62. The van der Waals surface area contributed by atoms with Gasteiger partial charge in [-0.05, 0) is 40.8 Å². The topological polar surface area (TPSA) is 69.6 Å². The third kappa shape index (κ3) is 2.37. The van der Waals surface area contributed by atoms with Crippen LogP contribution in [0.3, 0.4) is 0 Å². The molecule has 2 rings (SSSR count). The van der Waals surface area contributed by atoms with Gasteiger partial charge in [0.05, 0.1) is 3.57 Å². The minimum atomic E-state index is -0.476. The fraction of sp³-hybridized carbons (Fsp3) is 0.0909. The number of aromatic hydroxyl groups is 1.